The van der Waals surface area contributed by atoms with E-state index in [1.54, 1.807) is 12.4 Å². The molecule has 0 spiro atoms. The predicted octanol–water partition coefficient (Wildman–Crippen LogP) is 1.33. The van der Waals surface area contributed by atoms with Gasteiger partial charge >= 0.3 is 0 Å². The van der Waals surface area contributed by atoms with E-state index in [2.05, 4.69) is 32.0 Å². The van der Waals surface area contributed by atoms with Gasteiger partial charge in [0.2, 0.25) is 11.7 Å². The first-order valence-corrected chi connectivity index (χ1v) is 8.57. The number of rotatable bonds is 3. The summed E-state index contributed by atoms with van der Waals surface area (Å²) < 4.78 is 5.55. The zero-order chi connectivity index (χ0) is 16.5. The van der Waals surface area contributed by atoms with E-state index in [0.29, 0.717) is 30.7 Å². The molecule has 4 rings (SSSR count). The number of likely N-dealkylation sites (tertiary alicyclic amines) is 2. The highest BCUT2D eigenvalue weighted by molar-refractivity contribution is 5.52. The monoisotopic (exact) mass is 329 g/mol. The number of β-amino-alcohol motifs (C(OH)–C–C–N with tert-alkyl or cyclic N) is 1. The van der Waals surface area contributed by atoms with Crippen LogP contribution in [0.3, 0.4) is 0 Å². The van der Waals surface area contributed by atoms with Crippen LogP contribution in [-0.4, -0.2) is 68.9 Å². The molecule has 0 unspecified atom stereocenters. The normalized spacial score (nSPS) is 26.9. The average Bonchev–Trinajstić information content (AvgIpc) is 3.23. The van der Waals surface area contributed by atoms with E-state index < -0.39 is 0 Å². The van der Waals surface area contributed by atoms with E-state index in [0.717, 1.165) is 31.5 Å². The summed E-state index contributed by atoms with van der Waals surface area (Å²) in [4.78, 5) is 13.3. The Labute approximate surface area is 141 Å². The number of aliphatic hydroxyl groups excluding tert-OH is 1. The van der Waals surface area contributed by atoms with E-state index in [4.69, 9.17) is 4.52 Å². The van der Waals surface area contributed by atoms with Crippen LogP contribution in [0.1, 0.15) is 31.2 Å². The minimum absolute atomic E-state index is 0.0106. The first-order chi connectivity index (χ1) is 11.7. The summed E-state index contributed by atoms with van der Waals surface area (Å²) in [7, 11) is 2.16. The van der Waals surface area contributed by atoms with Gasteiger partial charge in [0, 0.05) is 30.5 Å². The highest BCUT2D eigenvalue weighted by Crippen LogP contribution is 2.36. The van der Waals surface area contributed by atoms with Gasteiger partial charge in [-0.3, -0.25) is 9.88 Å². The van der Waals surface area contributed by atoms with E-state index in [-0.39, 0.29) is 12.1 Å². The summed E-state index contributed by atoms with van der Waals surface area (Å²) in [5, 5.41) is 14.3. The predicted molar refractivity (Wildman–Crippen MR) is 88.1 cm³/mol. The molecule has 128 valence electrons. The molecule has 2 aliphatic rings. The minimum atomic E-state index is -0.328. The van der Waals surface area contributed by atoms with Crippen molar-refractivity contribution in [3.05, 3.63) is 30.4 Å². The lowest BCUT2D eigenvalue weighted by Gasteiger charge is -2.37. The second-order valence-corrected chi connectivity index (χ2v) is 6.83. The molecule has 0 saturated carbocycles. The van der Waals surface area contributed by atoms with Gasteiger partial charge in [0.15, 0.2) is 0 Å². The lowest BCUT2D eigenvalue weighted by Crippen LogP contribution is -2.43. The first-order valence-electron chi connectivity index (χ1n) is 8.57. The third kappa shape index (κ3) is 3.07. The second kappa shape index (κ2) is 6.58. The molecule has 1 N–H and O–H groups in total. The third-order valence-electron chi connectivity index (χ3n) is 5.14. The standard InChI is InChI=1S/C17H23N5O2/c1-21-8-4-13(5-9-21)22-11-14(23)10-15(22)17-19-16(20-24-17)12-2-6-18-7-3-12/h2-3,6-7,13-15,23H,4-5,8-11H2,1H3/t14-,15+/m1/s1. The highest BCUT2D eigenvalue weighted by Gasteiger charge is 2.40. The largest absolute Gasteiger partial charge is 0.392 e. The topological polar surface area (TPSA) is 78.5 Å². The summed E-state index contributed by atoms with van der Waals surface area (Å²) in [5.41, 5.74) is 0.893. The van der Waals surface area contributed by atoms with Crippen LogP contribution in [0.15, 0.2) is 29.0 Å². The Bertz CT molecular complexity index is 669. The Morgan fingerprint density at radius 2 is 1.96 bits per heavy atom. The van der Waals surface area contributed by atoms with Crippen LogP contribution in [-0.2, 0) is 0 Å². The molecule has 2 fully saturated rings. The van der Waals surface area contributed by atoms with Crippen molar-refractivity contribution in [2.24, 2.45) is 0 Å². The van der Waals surface area contributed by atoms with E-state index in [1.807, 2.05) is 12.1 Å². The van der Waals surface area contributed by atoms with Gasteiger partial charge < -0.3 is 14.5 Å². The van der Waals surface area contributed by atoms with Crippen LogP contribution in [0, 0.1) is 0 Å². The van der Waals surface area contributed by atoms with Crippen LogP contribution < -0.4 is 0 Å². The summed E-state index contributed by atoms with van der Waals surface area (Å²) in [6.45, 7) is 2.87. The van der Waals surface area contributed by atoms with Gasteiger partial charge in [-0.05, 0) is 51.5 Å². The Hall–Kier alpha value is -1.83. The maximum absolute atomic E-state index is 10.2. The molecular weight excluding hydrogens is 306 g/mol. The molecule has 0 amide bonds. The molecule has 0 radical (unpaired) electrons. The average molecular weight is 329 g/mol. The molecule has 2 aromatic rings. The van der Waals surface area contributed by atoms with Crippen LogP contribution in [0.25, 0.3) is 11.4 Å². The summed E-state index contributed by atoms with van der Waals surface area (Å²) in [6.07, 6.45) is 6.00. The smallest absolute Gasteiger partial charge is 0.244 e. The van der Waals surface area contributed by atoms with Crippen LogP contribution in [0.4, 0.5) is 0 Å². The van der Waals surface area contributed by atoms with Crippen molar-refractivity contribution < 1.29 is 9.63 Å². The van der Waals surface area contributed by atoms with E-state index in [1.165, 1.54) is 0 Å². The highest BCUT2D eigenvalue weighted by atomic mass is 16.5. The molecule has 2 aromatic heterocycles. The number of nitrogens with zero attached hydrogens (tertiary/aromatic N) is 5. The maximum Gasteiger partial charge on any atom is 0.244 e. The van der Waals surface area contributed by atoms with Crippen molar-refractivity contribution in [3.63, 3.8) is 0 Å². The van der Waals surface area contributed by atoms with Gasteiger partial charge in [-0.1, -0.05) is 5.16 Å². The Balaban J connectivity index is 1.54. The Morgan fingerprint density at radius 1 is 1.21 bits per heavy atom. The fourth-order valence-corrected chi connectivity index (χ4v) is 3.80. The van der Waals surface area contributed by atoms with Crippen molar-refractivity contribution in [2.45, 2.75) is 37.5 Å². The van der Waals surface area contributed by atoms with Crippen LogP contribution >= 0.6 is 0 Å². The molecule has 2 aliphatic heterocycles. The van der Waals surface area contributed by atoms with E-state index >= 15 is 0 Å². The number of pyridine rings is 1. The molecule has 7 nitrogen and oxygen atoms in total. The molecule has 0 aromatic carbocycles. The third-order valence-corrected chi connectivity index (χ3v) is 5.14. The molecule has 2 saturated heterocycles. The number of aliphatic hydroxyl groups is 1. The van der Waals surface area contributed by atoms with Crippen LogP contribution in [0.5, 0.6) is 0 Å². The fourth-order valence-electron chi connectivity index (χ4n) is 3.80. The maximum atomic E-state index is 10.2. The van der Waals surface area contributed by atoms with Crippen LogP contribution in [0.2, 0.25) is 0 Å². The van der Waals surface area contributed by atoms with Gasteiger partial charge in [0.05, 0.1) is 12.1 Å². The summed E-state index contributed by atoms with van der Waals surface area (Å²) >= 11 is 0. The number of hydrogen-bond donors (Lipinski definition) is 1. The second-order valence-electron chi connectivity index (χ2n) is 6.83. The van der Waals surface area contributed by atoms with Crippen molar-refractivity contribution in [3.8, 4) is 11.4 Å². The zero-order valence-electron chi connectivity index (χ0n) is 13.9. The van der Waals surface area contributed by atoms with Gasteiger partial charge in [-0.25, -0.2) is 0 Å². The first kappa shape index (κ1) is 15.7. The SMILES string of the molecule is CN1CCC(N2C[C@H](O)C[C@H]2c2nc(-c3ccncc3)no2)CC1. The number of piperidine rings is 1. The van der Waals surface area contributed by atoms with Crippen molar-refractivity contribution in [1.82, 2.24) is 24.9 Å². The number of aromatic nitrogens is 3. The number of hydrogen-bond acceptors (Lipinski definition) is 7. The molecule has 7 heteroatoms. The lowest BCUT2D eigenvalue weighted by atomic mass is 10.0. The summed E-state index contributed by atoms with van der Waals surface area (Å²) in [6, 6.07) is 4.22. The van der Waals surface area contributed by atoms with Gasteiger partial charge in [0.1, 0.15) is 0 Å². The Morgan fingerprint density at radius 3 is 2.71 bits per heavy atom. The zero-order valence-corrected chi connectivity index (χ0v) is 13.9. The summed E-state index contributed by atoms with van der Waals surface area (Å²) in [5.74, 6) is 1.19. The van der Waals surface area contributed by atoms with Crippen molar-refractivity contribution >= 4 is 0 Å². The lowest BCUT2D eigenvalue weighted by molar-refractivity contribution is 0.0881. The van der Waals surface area contributed by atoms with Gasteiger partial charge in [-0.2, -0.15) is 4.98 Å². The molecule has 2 atom stereocenters. The van der Waals surface area contributed by atoms with Gasteiger partial charge in [-0.15, -0.1) is 0 Å². The molecule has 24 heavy (non-hydrogen) atoms. The molecule has 4 heterocycles. The molecule has 0 aliphatic carbocycles. The van der Waals surface area contributed by atoms with Crippen molar-refractivity contribution in [2.75, 3.05) is 26.7 Å². The van der Waals surface area contributed by atoms with E-state index in [9.17, 15) is 5.11 Å². The minimum Gasteiger partial charge on any atom is -0.392 e. The Kier molecular flexibility index (Phi) is 4.30. The molecule has 0 bridgehead atoms. The fraction of sp³-hybridized carbons (Fsp3) is 0.588. The quantitative estimate of drug-likeness (QED) is 0.910. The molecular formula is C17H23N5O2. The van der Waals surface area contributed by atoms with Gasteiger partial charge in [0.25, 0.3) is 0 Å². The van der Waals surface area contributed by atoms with Crippen molar-refractivity contribution in [1.29, 1.82) is 0 Å².